The Morgan fingerprint density at radius 3 is 2.61 bits per heavy atom. The number of hydrogen-bond acceptors (Lipinski definition) is 6. The molecule has 1 aromatic heterocycles. The van der Waals surface area contributed by atoms with Gasteiger partial charge in [-0.1, -0.05) is 23.9 Å². The highest BCUT2D eigenvalue weighted by Crippen LogP contribution is 2.41. The van der Waals surface area contributed by atoms with E-state index < -0.39 is 0 Å². The molecule has 8 heteroatoms. The smallest absolute Gasteiger partial charge is 0.230 e. The highest BCUT2D eigenvalue weighted by atomic mass is 32.2. The molecule has 0 unspecified atom stereocenters. The van der Waals surface area contributed by atoms with Crippen LogP contribution in [0.15, 0.2) is 29.4 Å². The topological polar surface area (TPSA) is 72.3 Å². The lowest BCUT2D eigenvalue weighted by molar-refractivity contribution is -0.118. The summed E-state index contributed by atoms with van der Waals surface area (Å²) in [6.07, 6.45) is 6.08. The Morgan fingerprint density at radius 1 is 1.18 bits per heavy atom. The molecule has 2 fully saturated rings. The average molecular weight is 402 g/mol. The van der Waals surface area contributed by atoms with E-state index in [-0.39, 0.29) is 5.91 Å². The van der Waals surface area contributed by atoms with Gasteiger partial charge in [-0.15, -0.1) is 10.2 Å². The lowest BCUT2D eigenvalue weighted by Gasteiger charge is -2.27. The quantitative estimate of drug-likeness (QED) is 0.686. The van der Waals surface area contributed by atoms with Crippen LogP contribution >= 0.6 is 11.8 Å². The maximum Gasteiger partial charge on any atom is 0.230 e. The molecule has 1 saturated carbocycles. The number of piperidine rings is 1. The van der Waals surface area contributed by atoms with Gasteiger partial charge in [0.2, 0.25) is 11.9 Å². The lowest BCUT2D eigenvalue weighted by Crippen LogP contribution is -2.32. The van der Waals surface area contributed by atoms with Crippen molar-refractivity contribution in [2.75, 3.05) is 30.9 Å². The summed E-state index contributed by atoms with van der Waals surface area (Å²) >= 11 is 1.48. The fourth-order valence-corrected chi connectivity index (χ4v) is 4.29. The van der Waals surface area contributed by atoms with Gasteiger partial charge in [-0.25, -0.2) is 0 Å². The van der Waals surface area contributed by atoms with Gasteiger partial charge in [-0.3, -0.25) is 9.36 Å². The average Bonchev–Trinajstić information content (AvgIpc) is 3.50. The number of nitrogens with one attached hydrogen (secondary N) is 1. The molecule has 2 heterocycles. The molecular formula is C20H27N5O2S. The van der Waals surface area contributed by atoms with Crippen molar-refractivity contribution >= 4 is 23.6 Å². The number of rotatable bonds is 8. The summed E-state index contributed by atoms with van der Waals surface area (Å²) < 4.78 is 7.41. The van der Waals surface area contributed by atoms with Gasteiger partial charge in [0.25, 0.3) is 0 Å². The second-order valence-electron chi connectivity index (χ2n) is 7.34. The second kappa shape index (κ2) is 8.86. The monoisotopic (exact) mass is 401 g/mol. The summed E-state index contributed by atoms with van der Waals surface area (Å²) in [5.74, 6) is 2.16. The molecule has 1 N–H and O–H groups in total. The number of thioether (sulfide) groups is 1. The van der Waals surface area contributed by atoms with Crippen LogP contribution < -0.4 is 15.0 Å². The zero-order chi connectivity index (χ0) is 19.3. The number of methoxy groups -OCH3 is 1. The van der Waals surface area contributed by atoms with E-state index in [9.17, 15) is 4.79 Å². The first-order valence-corrected chi connectivity index (χ1v) is 11.0. The highest BCUT2D eigenvalue weighted by molar-refractivity contribution is 7.99. The number of carbonyl (C=O) groups excluding carboxylic acids is 1. The summed E-state index contributed by atoms with van der Waals surface area (Å²) in [5, 5.41) is 12.7. The number of ether oxygens (including phenoxy) is 1. The van der Waals surface area contributed by atoms with Gasteiger partial charge in [-0.05, 0) is 49.8 Å². The zero-order valence-electron chi connectivity index (χ0n) is 16.3. The van der Waals surface area contributed by atoms with Crippen molar-refractivity contribution < 1.29 is 9.53 Å². The van der Waals surface area contributed by atoms with Gasteiger partial charge in [0.05, 0.1) is 12.9 Å². The first kappa shape index (κ1) is 19.1. The molecule has 0 bridgehead atoms. The van der Waals surface area contributed by atoms with Crippen LogP contribution in [0.25, 0.3) is 0 Å². The van der Waals surface area contributed by atoms with Crippen LogP contribution in [0.3, 0.4) is 0 Å². The van der Waals surface area contributed by atoms with Crippen molar-refractivity contribution in [3.05, 3.63) is 29.8 Å². The van der Waals surface area contributed by atoms with Crippen LogP contribution in [-0.4, -0.2) is 46.6 Å². The van der Waals surface area contributed by atoms with E-state index in [1.54, 1.807) is 7.11 Å². The molecule has 1 aromatic carbocycles. The predicted molar refractivity (Wildman–Crippen MR) is 110 cm³/mol. The third-order valence-electron chi connectivity index (χ3n) is 5.18. The summed E-state index contributed by atoms with van der Waals surface area (Å²) in [6, 6.07) is 8.21. The Hall–Kier alpha value is -2.22. The van der Waals surface area contributed by atoms with E-state index in [4.69, 9.17) is 4.74 Å². The van der Waals surface area contributed by atoms with Crippen molar-refractivity contribution in [1.29, 1.82) is 0 Å². The van der Waals surface area contributed by atoms with Crippen molar-refractivity contribution in [1.82, 2.24) is 20.1 Å². The predicted octanol–water partition coefficient (Wildman–Crippen LogP) is 3.02. The number of nitrogens with zero attached hydrogens (tertiary/aromatic N) is 4. The van der Waals surface area contributed by atoms with Crippen LogP contribution in [0.1, 0.15) is 43.7 Å². The van der Waals surface area contributed by atoms with E-state index in [0.717, 1.165) is 35.5 Å². The second-order valence-corrected chi connectivity index (χ2v) is 8.29. The number of anilines is 1. The molecule has 2 aliphatic rings. The normalized spacial score (nSPS) is 16.8. The zero-order valence-corrected chi connectivity index (χ0v) is 17.1. The van der Waals surface area contributed by atoms with Gasteiger partial charge in [0.1, 0.15) is 5.75 Å². The third-order valence-corrected chi connectivity index (χ3v) is 6.12. The molecule has 1 saturated heterocycles. The minimum absolute atomic E-state index is 0.00527. The maximum absolute atomic E-state index is 12.3. The Bertz CT molecular complexity index is 797. The minimum atomic E-state index is 0.00527. The molecule has 1 aliphatic carbocycles. The van der Waals surface area contributed by atoms with Gasteiger partial charge in [-0.2, -0.15) is 0 Å². The largest absolute Gasteiger partial charge is 0.497 e. The molecule has 0 atom stereocenters. The molecule has 0 radical (unpaired) electrons. The standard InChI is InChI=1S/C20H27N5O2S/c1-27-17-9-5-15(6-10-17)13-21-18(26)14-28-20-23-22-19(25(20)16-7-8-16)24-11-3-2-4-12-24/h5-6,9-10,16H,2-4,7-8,11-14H2,1H3,(H,21,26). The van der Waals surface area contributed by atoms with Gasteiger partial charge < -0.3 is 15.0 Å². The van der Waals surface area contributed by atoms with Gasteiger partial charge in [0.15, 0.2) is 5.16 Å². The van der Waals surface area contributed by atoms with E-state index in [1.807, 2.05) is 24.3 Å². The summed E-state index contributed by atoms with van der Waals surface area (Å²) in [4.78, 5) is 14.6. The molecule has 0 spiro atoms. The Kier molecular flexibility index (Phi) is 6.04. The SMILES string of the molecule is COc1ccc(CNC(=O)CSc2nnc(N3CCCCC3)n2C2CC2)cc1. The number of amides is 1. The molecule has 4 rings (SSSR count). The fraction of sp³-hybridized carbons (Fsp3) is 0.550. The molecular weight excluding hydrogens is 374 g/mol. The molecule has 1 amide bonds. The van der Waals surface area contributed by atoms with E-state index >= 15 is 0 Å². The lowest BCUT2D eigenvalue weighted by atomic mass is 10.1. The fourth-order valence-electron chi connectivity index (χ4n) is 3.45. The van der Waals surface area contributed by atoms with Gasteiger partial charge in [0, 0.05) is 25.7 Å². The molecule has 7 nitrogen and oxygen atoms in total. The maximum atomic E-state index is 12.3. The molecule has 28 heavy (non-hydrogen) atoms. The number of hydrogen-bond donors (Lipinski definition) is 1. The summed E-state index contributed by atoms with van der Waals surface area (Å²) in [6.45, 7) is 2.62. The summed E-state index contributed by atoms with van der Waals surface area (Å²) in [5.41, 5.74) is 1.05. The van der Waals surface area contributed by atoms with Crippen LogP contribution in [0, 0.1) is 0 Å². The Balaban J connectivity index is 1.32. The molecule has 1 aliphatic heterocycles. The Morgan fingerprint density at radius 2 is 1.93 bits per heavy atom. The van der Waals surface area contributed by atoms with E-state index in [0.29, 0.717) is 18.3 Å². The van der Waals surface area contributed by atoms with E-state index in [2.05, 4.69) is 25.0 Å². The minimum Gasteiger partial charge on any atom is -0.497 e. The van der Waals surface area contributed by atoms with Crippen molar-refractivity contribution in [3.8, 4) is 5.75 Å². The first-order valence-electron chi connectivity index (χ1n) is 9.97. The first-order chi connectivity index (χ1) is 13.7. The number of carbonyl (C=O) groups is 1. The van der Waals surface area contributed by atoms with E-state index in [1.165, 1.54) is 43.9 Å². The van der Waals surface area contributed by atoms with Crippen LogP contribution in [0.5, 0.6) is 5.75 Å². The van der Waals surface area contributed by atoms with Crippen LogP contribution in [0.4, 0.5) is 5.95 Å². The van der Waals surface area contributed by atoms with Crippen molar-refractivity contribution in [2.45, 2.75) is 49.8 Å². The highest BCUT2D eigenvalue weighted by Gasteiger charge is 2.32. The van der Waals surface area contributed by atoms with Crippen LogP contribution in [0.2, 0.25) is 0 Å². The number of aromatic nitrogens is 3. The molecule has 150 valence electrons. The molecule has 2 aromatic rings. The third kappa shape index (κ3) is 4.60. The summed E-state index contributed by atoms with van der Waals surface area (Å²) in [7, 11) is 1.64. The van der Waals surface area contributed by atoms with Crippen LogP contribution in [-0.2, 0) is 11.3 Å². The Labute approximate surface area is 169 Å². The van der Waals surface area contributed by atoms with Crippen molar-refractivity contribution in [2.24, 2.45) is 0 Å². The van der Waals surface area contributed by atoms with Gasteiger partial charge >= 0.3 is 0 Å². The number of benzene rings is 1. The van der Waals surface area contributed by atoms with Crippen molar-refractivity contribution in [3.63, 3.8) is 0 Å².